The Morgan fingerprint density at radius 2 is 2.46 bits per heavy atom. The Morgan fingerprint density at radius 3 is 3.08 bits per heavy atom. The highest BCUT2D eigenvalue weighted by Gasteiger charge is 1.91. The van der Waals surface area contributed by atoms with Crippen LogP contribution in [0.15, 0.2) is 22.4 Å². The zero-order valence-corrected chi connectivity index (χ0v) is 9.16. The van der Waals surface area contributed by atoms with E-state index in [0.717, 1.165) is 13.1 Å². The number of thiophene rings is 1. The summed E-state index contributed by atoms with van der Waals surface area (Å²) in [7, 11) is 0. The van der Waals surface area contributed by atoms with Gasteiger partial charge < -0.3 is 5.32 Å². The largest absolute Gasteiger partial charge is 0.313 e. The molecule has 0 saturated carbocycles. The molecule has 0 unspecified atom stereocenters. The first-order valence-corrected chi connectivity index (χ1v) is 5.67. The summed E-state index contributed by atoms with van der Waals surface area (Å²) in [5, 5.41) is 7.66. The number of hydrogen-bond acceptors (Lipinski definition) is 2. The highest BCUT2D eigenvalue weighted by molar-refractivity contribution is 7.08. The van der Waals surface area contributed by atoms with Crippen molar-refractivity contribution in [2.45, 2.75) is 20.3 Å². The van der Waals surface area contributed by atoms with Crippen molar-refractivity contribution in [3.8, 4) is 0 Å². The summed E-state index contributed by atoms with van der Waals surface area (Å²) < 4.78 is 0. The molecule has 1 N–H and O–H groups in total. The van der Waals surface area contributed by atoms with Crippen LogP contribution in [0.4, 0.5) is 0 Å². The van der Waals surface area contributed by atoms with Crippen molar-refractivity contribution in [2.24, 2.45) is 0 Å². The molecule has 1 nitrogen and oxygen atoms in total. The summed E-state index contributed by atoms with van der Waals surface area (Å²) in [6.07, 6.45) is 3.44. The first-order valence-electron chi connectivity index (χ1n) is 4.73. The summed E-state index contributed by atoms with van der Waals surface area (Å²) >= 11 is 1.74. The number of hydrogen-bond donors (Lipinski definition) is 1. The molecule has 1 aromatic heterocycles. The Kier molecular flexibility index (Phi) is 4.79. The van der Waals surface area contributed by atoms with E-state index in [4.69, 9.17) is 0 Å². The van der Waals surface area contributed by atoms with Gasteiger partial charge in [-0.3, -0.25) is 0 Å². The number of nitrogens with one attached hydrogen (secondary N) is 1. The molecule has 0 radical (unpaired) electrons. The van der Waals surface area contributed by atoms with Gasteiger partial charge in [-0.2, -0.15) is 11.3 Å². The second-order valence-electron chi connectivity index (χ2n) is 3.22. The van der Waals surface area contributed by atoms with Crippen LogP contribution in [0, 0.1) is 0 Å². The molecule has 2 heteroatoms. The molecule has 72 valence electrons. The molecule has 0 fully saturated rings. The van der Waals surface area contributed by atoms with Crippen LogP contribution in [-0.4, -0.2) is 13.1 Å². The van der Waals surface area contributed by atoms with Gasteiger partial charge in [0.15, 0.2) is 0 Å². The van der Waals surface area contributed by atoms with Gasteiger partial charge in [0.05, 0.1) is 0 Å². The second-order valence-corrected chi connectivity index (χ2v) is 4.00. The number of rotatable bonds is 5. The van der Waals surface area contributed by atoms with E-state index in [1.165, 1.54) is 17.6 Å². The van der Waals surface area contributed by atoms with Crippen LogP contribution in [0.2, 0.25) is 0 Å². The summed E-state index contributed by atoms with van der Waals surface area (Å²) in [5.74, 6) is 0. The fourth-order valence-electron chi connectivity index (χ4n) is 1.16. The van der Waals surface area contributed by atoms with Crippen LogP contribution < -0.4 is 5.32 Å². The van der Waals surface area contributed by atoms with Crippen molar-refractivity contribution in [2.75, 3.05) is 13.1 Å². The Labute approximate surface area is 84.5 Å². The van der Waals surface area contributed by atoms with Crippen molar-refractivity contribution in [3.05, 3.63) is 28.0 Å². The van der Waals surface area contributed by atoms with E-state index in [2.05, 4.69) is 42.1 Å². The predicted octanol–water partition coefficient (Wildman–Crippen LogP) is 3.15. The Hall–Kier alpha value is -0.600. The highest BCUT2D eigenvalue weighted by Crippen LogP contribution is 2.10. The zero-order chi connectivity index (χ0) is 9.52. The maximum atomic E-state index is 3.38. The molecule has 0 spiro atoms. The molecule has 0 aliphatic rings. The van der Waals surface area contributed by atoms with Gasteiger partial charge in [0.2, 0.25) is 0 Å². The molecule has 0 atom stereocenters. The average Bonchev–Trinajstić information content (AvgIpc) is 2.57. The van der Waals surface area contributed by atoms with E-state index >= 15 is 0 Å². The first-order chi connectivity index (χ1) is 6.33. The molecule has 0 aromatic carbocycles. The Bertz CT molecular complexity index is 249. The molecule has 0 aliphatic carbocycles. The Morgan fingerprint density at radius 1 is 1.62 bits per heavy atom. The lowest BCUT2D eigenvalue weighted by Crippen LogP contribution is -2.16. The van der Waals surface area contributed by atoms with Crippen molar-refractivity contribution < 1.29 is 0 Å². The van der Waals surface area contributed by atoms with Crippen LogP contribution in [0.5, 0.6) is 0 Å². The van der Waals surface area contributed by atoms with Crippen molar-refractivity contribution >= 4 is 17.4 Å². The molecular weight excluding hydrogens is 178 g/mol. The van der Waals surface area contributed by atoms with Gasteiger partial charge in [-0.25, -0.2) is 0 Å². The van der Waals surface area contributed by atoms with Gasteiger partial charge in [0.1, 0.15) is 0 Å². The maximum Gasteiger partial charge on any atom is 0.0165 e. The van der Waals surface area contributed by atoms with Crippen molar-refractivity contribution in [1.82, 2.24) is 5.32 Å². The molecule has 13 heavy (non-hydrogen) atoms. The molecule has 0 amide bonds. The topological polar surface area (TPSA) is 12.0 Å². The lowest BCUT2D eigenvalue weighted by atomic mass is 10.2. The van der Waals surface area contributed by atoms with Gasteiger partial charge in [0.25, 0.3) is 0 Å². The fraction of sp³-hybridized carbons (Fsp3) is 0.455. The van der Waals surface area contributed by atoms with E-state index in [9.17, 15) is 0 Å². The highest BCUT2D eigenvalue weighted by atomic mass is 32.1. The summed E-state index contributed by atoms with van der Waals surface area (Å²) in [5.41, 5.74) is 2.72. The van der Waals surface area contributed by atoms with E-state index in [1.807, 2.05) is 0 Å². The smallest absolute Gasteiger partial charge is 0.0165 e. The molecule has 1 aromatic rings. The van der Waals surface area contributed by atoms with Gasteiger partial charge in [-0.15, -0.1) is 0 Å². The predicted molar refractivity (Wildman–Crippen MR) is 61.1 cm³/mol. The van der Waals surface area contributed by atoms with E-state index in [-0.39, 0.29) is 0 Å². The summed E-state index contributed by atoms with van der Waals surface area (Å²) in [4.78, 5) is 0. The molecule has 0 aliphatic heterocycles. The first kappa shape index (κ1) is 10.5. The second kappa shape index (κ2) is 5.95. The van der Waals surface area contributed by atoms with Crippen molar-refractivity contribution in [3.63, 3.8) is 0 Å². The van der Waals surface area contributed by atoms with Crippen LogP contribution in [-0.2, 0) is 0 Å². The minimum Gasteiger partial charge on any atom is -0.313 e. The molecule has 0 saturated heterocycles. The molecule has 1 heterocycles. The average molecular weight is 195 g/mol. The zero-order valence-electron chi connectivity index (χ0n) is 8.34. The standard InChI is InChI=1S/C11H17NS/c1-3-5-12-8-10(2)7-11-4-6-13-9-11/h4,6-7,9,12H,3,5,8H2,1-2H3. The van der Waals surface area contributed by atoms with Crippen LogP contribution in [0.1, 0.15) is 25.8 Å². The molecule has 1 rings (SSSR count). The molecular formula is C11H17NS. The normalized spacial score (nSPS) is 12.0. The van der Waals surface area contributed by atoms with E-state index in [1.54, 1.807) is 11.3 Å². The minimum absolute atomic E-state index is 1.00. The van der Waals surface area contributed by atoms with E-state index < -0.39 is 0 Å². The van der Waals surface area contributed by atoms with Crippen LogP contribution in [0.3, 0.4) is 0 Å². The minimum atomic E-state index is 1.00. The van der Waals surface area contributed by atoms with Crippen LogP contribution in [0.25, 0.3) is 6.08 Å². The van der Waals surface area contributed by atoms with Gasteiger partial charge in [-0.05, 0) is 42.3 Å². The fourth-order valence-corrected chi connectivity index (χ4v) is 1.77. The SMILES string of the molecule is CCCNCC(C)=Cc1ccsc1. The lowest BCUT2D eigenvalue weighted by molar-refractivity contribution is 0.715. The summed E-state index contributed by atoms with van der Waals surface area (Å²) in [6.45, 7) is 6.46. The summed E-state index contributed by atoms with van der Waals surface area (Å²) in [6, 6.07) is 2.15. The van der Waals surface area contributed by atoms with Gasteiger partial charge in [0, 0.05) is 6.54 Å². The third kappa shape index (κ3) is 4.25. The van der Waals surface area contributed by atoms with Crippen LogP contribution >= 0.6 is 11.3 Å². The Balaban J connectivity index is 2.34. The maximum absolute atomic E-state index is 3.38. The molecule has 0 bridgehead atoms. The van der Waals surface area contributed by atoms with Gasteiger partial charge >= 0.3 is 0 Å². The van der Waals surface area contributed by atoms with Gasteiger partial charge in [-0.1, -0.05) is 18.6 Å². The lowest BCUT2D eigenvalue weighted by Gasteiger charge is -2.02. The van der Waals surface area contributed by atoms with E-state index in [0.29, 0.717) is 0 Å². The van der Waals surface area contributed by atoms with Crippen molar-refractivity contribution in [1.29, 1.82) is 0 Å². The third-order valence-electron chi connectivity index (χ3n) is 1.79. The third-order valence-corrected chi connectivity index (χ3v) is 2.49. The monoisotopic (exact) mass is 195 g/mol. The quantitative estimate of drug-likeness (QED) is 0.712.